The zero-order valence-corrected chi connectivity index (χ0v) is 11.6. The number of fused-ring (bicyclic) bond motifs is 1. The van der Waals surface area contributed by atoms with Gasteiger partial charge in [0.15, 0.2) is 0 Å². The first-order valence-corrected chi connectivity index (χ1v) is 6.51. The van der Waals surface area contributed by atoms with Gasteiger partial charge in [0.25, 0.3) is 0 Å². The van der Waals surface area contributed by atoms with E-state index in [4.69, 9.17) is 11.6 Å². The third-order valence-corrected chi connectivity index (χ3v) is 3.20. The van der Waals surface area contributed by atoms with Gasteiger partial charge < -0.3 is 4.57 Å². The molecule has 0 bridgehead atoms. The highest BCUT2D eigenvalue weighted by Crippen LogP contribution is 2.34. The summed E-state index contributed by atoms with van der Waals surface area (Å²) in [4.78, 5) is 4.20. The van der Waals surface area contributed by atoms with Gasteiger partial charge in [0.1, 0.15) is 11.6 Å². The zero-order valence-electron chi connectivity index (χ0n) is 10.9. The van der Waals surface area contributed by atoms with Crippen LogP contribution in [0.4, 0.5) is 17.6 Å². The van der Waals surface area contributed by atoms with Gasteiger partial charge in [-0.05, 0) is 32.0 Å². The Bertz CT molecular complexity index is 619. The smallest absolute Gasteiger partial charge is 0.323 e. The van der Waals surface area contributed by atoms with Crippen molar-refractivity contribution in [3.63, 3.8) is 0 Å². The number of alkyl halides is 4. The maximum atomic E-state index is 13.3. The van der Waals surface area contributed by atoms with Crippen molar-refractivity contribution in [2.45, 2.75) is 37.9 Å². The van der Waals surface area contributed by atoms with Crippen LogP contribution in [0.25, 0.3) is 11.0 Å². The van der Waals surface area contributed by atoms with E-state index in [1.54, 1.807) is 6.92 Å². The molecular weight excluding hydrogens is 296 g/mol. The van der Waals surface area contributed by atoms with E-state index in [1.807, 2.05) is 0 Å². The van der Waals surface area contributed by atoms with Crippen LogP contribution in [0.2, 0.25) is 0 Å². The average molecular weight is 309 g/mol. The van der Waals surface area contributed by atoms with Crippen LogP contribution < -0.4 is 0 Å². The molecule has 0 radical (unpaired) electrons. The van der Waals surface area contributed by atoms with Gasteiger partial charge in [0.05, 0.1) is 22.8 Å². The van der Waals surface area contributed by atoms with E-state index in [2.05, 4.69) is 4.98 Å². The predicted molar refractivity (Wildman–Crippen MR) is 69.3 cm³/mol. The van der Waals surface area contributed by atoms with Crippen molar-refractivity contribution < 1.29 is 17.6 Å². The van der Waals surface area contributed by atoms with Gasteiger partial charge in [-0.15, -0.1) is 11.6 Å². The van der Waals surface area contributed by atoms with Gasteiger partial charge in [-0.25, -0.2) is 9.37 Å². The highest BCUT2D eigenvalue weighted by Gasteiger charge is 2.32. The molecule has 1 aromatic carbocycles. The van der Waals surface area contributed by atoms with Gasteiger partial charge in [-0.1, -0.05) is 0 Å². The topological polar surface area (TPSA) is 17.8 Å². The molecule has 0 aliphatic heterocycles. The summed E-state index contributed by atoms with van der Waals surface area (Å²) >= 11 is 5.98. The third-order valence-electron chi connectivity index (χ3n) is 3.00. The molecule has 20 heavy (non-hydrogen) atoms. The lowest BCUT2D eigenvalue weighted by Gasteiger charge is -2.20. The Morgan fingerprint density at radius 3 is 2.50 bits per heavy atom. The molecule has 110 valence electrons. The van der Waals surface area contributed by atoms with Crippen LogP contribution in [0.1, 0.15) is 37.5 Å². The Kier molecular flexibility index (Phi) is 3.95. The maximum Gasteiger partial charge on any atom is 0.391 e. The van der Waals surface area contributed by atoms with Gasteiger partial charge in [-0.3, -0.25) is 0 Å². The summed E-state index contributed by atoms with van der Waals surface area (Å²) in [5.41, 5.74) is 0.757. The fourth-order valence-corrected chi connectivity index (χ4v) is 2.41. The third kappa shape index (κ3) is 3.06. The van der Waals surface area contributed by atoms with E-state index in [9.17, 15) is 17.6 Å². The van der Waals surface area contributed by atoms with E-state index in [1.165, 1.54) is 29.7 Å². The van der Waals surface area contributed by atoms with Crippen molar-refractivity contribution >= 4 is 22.6 Å². The second-order valence-corrected chi connectivity index (χ2v) is 5.41. The van der Waals surface area contributed by atoms with Crippen LogP contribution in [0.5, 0.6) is 0 Å². The average Bonchev–Trinajstić information content (AvgIpc) is 2.65. The molecular formula is C13H13ClF4N2. The van der Waals surface area contributed by atoms with Crippen molar-refractivity contribution in [3.8, 4) is 0 Å². The van der Waals surface area contributed by atoms with E-state index in [0.29, 0.717) is 16.9 Å². The van der Waals surface area contributed by atoms with Gasteiger partial charge >= 0.3 is 6.18 Å². The van der Waals surface area contributed by atoms with E-state index >= 15 is 0 Å². The molecule has 0 fully saturated rings. The predicted octanol–water partition coefficient (Wildman–Crippen LogP) is 4.99. The monoisotopic (exact) mass is 308 g/mol. The summed E-state index contributed by atoms with van der Waals surface area (Å²) in [7, 11) is 0. The summed E-state index contributed by atoms with van der Waals surface area (Å²) < 4.78 is 52.4. The molecule has 0 saturated heterocycles. The number of benzene rings is 1. The SMILES string of the molecule is CC(Cl)c1nc2ccc(F)cc2n1C(C)CC(F)(F)F. The van der Waals surface area contributed by atoms with Gasteiger partial charge in [0.2, 0.25) is 0 Å². The fourth-order valence-electron chi connectivity index (χ4n) is 2.25. The maximum absolute atomic E-state index is 13.3. The number of hydrogen-bond donors (Lipinski definition) is 0. The first-order valence-electron chi connectivity index (χ1n) is 6.07. The molecule has 0 aliphatic rings. The fraction of sp³-hybridized carbons (Fsp3) is 0.462. The Hall–Kier alpha value is -1.30. The van der Waals surface area contributed by atoms with E-state index < -0.39 is 29.8 Å². The quantitative estimate of drug-likeness (QED) is 0.577. The Morgan fingerprint density at radius 1 is 1.30 bits per heavy atom. The summed E-state index contributed by atoms with van der Waals surface area (Å²) in [5, 5.41) is -0.568. The molecule has 1 heterocycles. The minimum Gasteiger partial charge on any atom is -0.323 e. The van der Waals surface area contributed by atoms with Gasteiger partial charge in [-0.2, -0.15) is 13.2 Å². The molecule has 2 aromatic rings. The Balaban J connectivity index is 2.58. The number of aromatic nitrogens is 2. The molecule has 7 heteroatoms. The van der Waals surface area contributed by atoms with E-state index in [-0.39, 0.29) is 0 Å². The number of nitrogens with zero attached hydrogens (tertiary/aromatic N) is 2. The van der Waals surface area contributed by atoms with Crippen molar-refractivity contribution in [1.29, 1.82) is 0 Å². The van der Waals surface area contributed by atoms with Crippen LogP contribution >= 0.6 is 11.6 Å². The Morgan fingerprint density at radius 2 is 1.95 bits per heavy atom. The largest absolute Gasteiger partial charge is 0.391 e. The minimum absolute atomic E-state index is 0.309. The van der Waals surface area contributed by atoms with Gasteiger partial charge in [0, 0.05) is 6.04 Å². The van der Waals surface area contributed by atoms with Crippen LogP contribution in [0.3, 0.4) is 0 Å². The molecule has 0 spiro atoms. The highest BCUT2D eigenvalue weighted by atomic mass is 35.5. The number of rotatable bonds is 3. The molecule has 1 aromatic heterocycles. The molecule has 0 aliphatic carbocycles. The minimum atomic E-state index is -4.31. The lowest BCUT2D eigenvalue weighted by molar-refractivity contribution is -0.141. The molecule has 2 atom stereocenters. The normalized spacial score (nSPS) is 15.6. The van der Waals surface area contributed by atoms with Crippen LogP contribution in [0.15, 0.2) is 18.2 Å². The first kappa shape index (κ1) is 15.1. The summed E-state index contributed by atoms with van der Waals surface area (Å²) in [6.07, 6.45) is -5.33. The number of imidazole rings is 1. The summed E-state index contributed by atoms with van der Waals surface area (Å²) in [6.45, 7) is 3.04. The molecule has 0 saturated carbocycles. The lowest BCUT2D eigenvalue weighted by Crippen LogP contribution is -2.18. The lowest BCUT2D eigenvalue weighted by atomic mass is 10.2. The molecule has 0 amide bonds. The van der Waals surface area contributed by atoms with Crippen molar-refractivity contribution in [2.75, 3.05) is 0 Å². The van der Waals surface area contributed by atoms with Crippen LogP contribution in [-0.2, 0) is 0 Å². The van der Waals surface area contributed by atoms with E-state index in [0.717, 1.165) is 0 Å². The van der Waals surface area contributed by atoms with Crippen molar-refractivity contribution in [2.24, 2.45) is 0 Å². The van der Waals surface area contributed by atoms with Crippen LogP contribution in [-0.4, -0.2) is 15.7 Å². The second-order valence-electron chi connectivity index (χ2n) is 4.76. The molecule has 2 rings (SSSR count). The van der Waals surface area contributed by atoms with Crippen molar-refractivity contribution in [3.05, 3.63) is 29.8 Å². The standard InChI is InChI=1S/C13H13ClF4N2/c1-7(6-13(16,17)18)20-11-5-9(15)3-4-10(11)19-12(20)8(2)14/h3-5,7-8H,6H2,1-2H3. The summed E-state index contributed by atoms with van der Waals surface area (Å²) in [6, 6.07) is 2.93. The first-order chi connectivity index (χ1) is 9.19. The highest BCUT2D eigenvalue weighted by molar-refractivity contribution is 6.20. The zero-order chi connectivity index (χ0) is 15.1. The van der Waals surface area contributed by atoms with Crippen LogP contribution in [0, 0.1) is 5.82 Å². The molecule has 0 N–H and O–H groups in total. The second kappa shape index (κ2) is 5.24. The number of halogens is 5. The summed E-state index contributed by atoms with van der Waals surface area (Å²) in [5.74, 6) is -0.212. The Labute approximate surface area is 118 Å². The molecule has 2 nitrogen and oxygen atoms in total. The molecule has 2 unspecified atom stereocenters. The number of hydrogen-bond acceptors (Lipinski definition) is 1. The van der Waals surface area contributed by atoms with Crippen molar-refractivity contribution in [1.82, 2.24) is 9.55 Å².